The number of halogens is 3. The van der Waals surface area contributed by atoms with Gasteiger partial charge in [-0.05, 0) is 30.7 Å². The molecule has 4 heteroatoms. The summed E-state index contributed by atoms with van der Waals surface area (Å²) in [6.07, 6.45) is 0. The van der Waals surface area contributed by atoms with Crippen LogP contribution in [-0.2, 0) is 0 Å². The Morgan fingerprint density at radius 2 is 1.65 bits per heavy atom. The van der Waals surface area contributed by atoms with Crippen LogP contribution in [0.25, 0.3) is 11.1 Å². The predicted molar refractivity (Wildman–Crippen MR) is 66.0 cm³/mol. The molecule has 1 nitrogen and oxygen atoms in total. The summed E-state index contributed by atoms with van der Waals surface area (Å²) in [5.74, 6) is -1.91. The zero-order valence-electron chi connectivity index (χ0n) is 9.10. The summed E-state index contributed by atoms with van der Waals surface area (Å²) < 4.78 is 26.1. The van der Waals surface area contributed by atoms with Crippen molar-refractivity contribution in [2.75, 3.05) is 5.73 Å². The Morgan fingerprint density at radius 3 is 2.29 bits per heavy atom. The number of nitrogens with two attached hydrogens (primary N) is 1. The Labute approximate surface area is 103 Å². The lowest BCUT2D eigenvalue weighted by Gasteiger charge is -2.09. The molecule has 0 amide bonds. The zero-order valence-corrected chi connectivity index (χ0v) is 9.85. The van der Waals surface area contributed by atoms with Crippen LogP contribution in [0.5, 0.6) is 0 Å². The lowest BCUT2D eigenvalue weighted by molar-refractivity contribution is 0.509. The monoisotopic (exact) mass is 253 g/mol. The molecule has 2 rings (SSSR count). The first-order chi connectivity index (χ1) is 7.99. The Kier molecular flexibility index (Phi) is 3.03. The highest BCUT2D eigenvalue weighted by Crippen LogP contribution is 2.33. The molecule has 0 unspecified atom stereocenters. The second-order valence-corrected chi connectivity index (χ2v) is 4.24. The van der Waals surface area contributed by atoms with Gasteiger partial charge in [0, 0.05) is 16.8 Å². The molecule has 0 aliphatic heterocycles. The quantitative estimate of drug-likeness (QED) is 0.599. The molecular formula is C13H10ClF2N. The van der Waals surface area contributed by atoms with Gasteiger partial charge in [-0.3, -0.25) is 0 Å². The van der Waals surface area contributed by atoms with E-state index in [4.69, 9.17) is 17.3 Å². The number of aryl methyl sites for hydroxylation is 1. The Balaban J connectivity index is 2.64. The van der Waals surface area contributed by atoms with E-state index < -0.39 is 11.6 Å². The van der Waals surface area contributed by atoms with Crippen LogP contribution in [0, 0.1) is 18.6 Å². The van der Waals surface area contributed by atoms with Crippen LogP contribution in [0.15, 0.2) is 30.3 Å². The molecule has 0 aliphatic rings. The van der Waals surface area contributed by atoms with E-state index in [0.29, 0.717) is 16.8 Å². The van der Waals surface area contributed by atoms with Gasteiger partial charge in [0.25, 0.3) is 0 Å². The average Bonchev–Trinajstić information content (AvgIpc) is 2.24. The number of hydrogen-bond donors (Lipinski definition) is 1. The second-order valence-electron chi connectivity index (χ2n) is 3.84. The van der Waals surface area contributed by atoms with Crippen LogP contribution in [0.3, 0.4) is 0 Å². The lowest BCUT2D eigenvalue weighted by atomic mass is 10.0. The zero-order chi connectivity index (χ0) is 12.6. The van der Waals surface area contributed by atoms with Crippen molar-refractivity contribution in [2.45, 2.75) is 6.92 Å². The van der Waals surface area contributed by atoms with Crippen LogP contribution in [0.4, 0.5) is 14.5 Å². The molecule has 17 heavy (non-hydrogen) atoms. The normalized spacial score (nSPS) is 10.6. The minimum Gasteiger partial charge on any atom is -0.398 e. The molecule has 2 N–H and O–H groups in total. The van der Waals surface area contributed by atoms with E-state index in [2.05, 4.69) is 0 Å². The topological polar surface area (TPSA) is 26.0 Å². The van der Waals surface area contributed by atoms with Crippen molar-refractivity contribution >= 4 is 17.3 Å². The first kappa shape index (κ1) is 11.9. The number of nitrogen functional groups attached to an aromatic ring is 1. The first-order valence-electron chi connectivity index (χ1n) is 5.00. The number of rotatable bonds is 1. The van der Waals surface area contributed by atoms with Crippen molar-refractivity contribution in [3.8, 4) is 11.1 Å². The average molecular weight is 254 g/mol. The molecule has 0 radical (unpaired) electrons. The summed E-state index contributed by atoms with van der Waals surface area (Å²) in [6.45, 7) is 1.90. The van der Waals surface area contributed by atoms with E-state index in [1.165, 1.54) is 0 Å². The Bertz CT molecular complexity index is 582. The molecule has 88 valence electrons. The van der Waals surface area contributed by atoms with E-state index in [9.17, 15) is 8.78 Å². The summed E-state index contributed by atoms with van der Waals surface area (Å²) in [5, 5.41) is 0.138. The molecule has 0 saturated heterocycles. The Hall–Kier alpha value is -1.61. The van der Waals surface area contributed by atoms with Crippen molar-refractivity contribution in [1.29, 1.82) is 0 Å². The van der Waals surface area contributed by atoms with Gasteiger partial charge >= 0.3 is 0 Å². The molecule has 2 aromatic rings. The number of anilines is 1. The van der Waals surface area contributed by atoms with Gasteiger partial charge in [-0.25, -0.2) is 8.78 Å². The molecule has 0 aliphatic carbocycles. The fraction of sp³-hybridized carbons (Fsp3) is 0.0769. The number of hydrogen-bond acceptors (Lipinski definition) is 1. The maximum Gasteiger partial charge on any atom is 0.160 e. The van der Waals surface area contributed by atoms with Crippen LogP contribution < -0.4 is 5.73 Å². The van der Waals surface area contributed by atoms with Gasteiger partial charge in [0.1, 0.15) is 0 Å². The van der Waals surface area contributed by atoms with Crippen molar-refractivity contribution in [3.05, 3.63) is 52.6 Å². The third kappa shape index (κ3) is 2.24. The molecular weight excluding hydrogens is 244 g/mol. The summed E-state index contributed by atoms with van der Waals surface area (Å²) in [4.78, 5) is 0. The maximum absolute atomic E-state index is 13.2. The van der Waals surface area contributed by atoms with Gasteiger partial charge in [0.15, 0.2) is 11.6 Å². The highest BCUT2D eigenvalue weighted by molar-refractivity contribution is 6.33. The van der Waals surface area contributed by atoms with Crippen LogP contribution in [0.2, 0.25) is 5.02 Å². The van der Waals surface area contributed by atoms with Gasteiger partial charge in [-0.1, -0.05) is 23.7 Å². The van der Waals surface area contributed by atoms with Crippen molar-refractivity contribution < 1.29 is 8.78 Å². The van der Waals surface area contributed by atoms with Gasteiger partial charge in [0.2, 0.25) is 0 Å². The third-order valence-electron chi connectivity index (χ3n) is 2.51. The molecule has 0 bridgehead atoms. The van der Waals surface area contributed by atoms with Gasteiger partial charge in [-0.2, -0.15) is 0 Å². The van der Waals surface area contributed by atoms with Gasteiger partial charge in [-0.15, -0.1) is 0 Å². The van der Waals surface area contributed by atoms with Crippen molar-refractivity contribution in [2.24, 2.45) is 0 Å². The third-order valence-corrected chi connectivity index (χ3v) is 2.82. The van der Waals surface area contributed by atoms with Crippen LogP contribution in [0.1, 0.15) is 5.56 Å². The molecule has 0 aromatic heterocycles. The van der Waals surface area contributed by atoms with Crippen molar-refractivity contribution in [1.82, 2.24) is 0 Å². The lowest BCUT2D eigenvalue weighted by Crippen LogP contribution is -1.93. The molecule has 0 saturated carbocycles. The molecule has 0 atom stereocenters. The summed E-state index contributed by atoms with van der Waals surface area (Å²) in [6, 6.07) is 7.34. The molecule has 0 fully saturated rings. The van der Waals surface area contributed by atoms with E-state index in [1.54, 1.807) is 12.1 Å². The minimum atomic E-state index is -0.968. The summed E-state index contributed by atoms with van der Waals surface area (Å²) >= 11 is 5.89. The maximum atomic E-state index is 13.2. The van der Waals surface area contributed by atoms with Crippen LogP contribution >= 0.6 is 11.6 Å². The fourth-order valence-corrected chi connectivity index (χ4v) is 1.91. The van der Waals surface area contributed by atoms with Crippen molar-refractivity contribution in [3.63, 3.8) is 0 Å². The molecule has 0 spiro atoms. The highest BCUT2D eigenvalue weighted by atomic mass is 35.5. The smallest absolute Gasteiger partial charge is 0.160 e. The number of benzene rings is 2. The minimum absolute atomic E-state index is 0.138. The van der Waals surface area contributed by atoms with E-state index in [-0.39, 0.29) is 5.02 Å². The van der Waals surface area contributed by atoms with E-state index >= 15 is 0 Å². The first-order valence-corrected chi connectivity index (χ1v) is 5.38. The fourth-order valence-electron chi connectivity index (χ4n) is 1.66. The SMILES string of the molecule is Cc1ccc(-c2cc(F)c(F)cc2Cl)c(N)c1. The van der Waals surface area contributed by atoms with E-state index in [0.717, 1.165) is 17.7 Å². The summed E-state index contributed by atoms with van der Waals surface area (Å²) in [7, 11) is 0. The predicted octanol–water partition coefficient (Wildman–Crippen LogP) is 4.18. The largest absolute Gasteiger partial charge is 0.398 e. The second kappa shape index (κ2) is 4.34. The molecule has 0 heterocycles. The molecule has 2 aromatic carbocycles. The highest BCUT2D eigenvalue weighted by Gasteiger charge is 2.12. The van der Waals surface area contributed by atoms with Gasteiger partial charge in [0.05, 0.1) is 5.02 Å². The standard InChI is InChI=1S/C13H10ClF2N/c1-7-2-3-8(13(17)4-7)9-5-11(15)12(16)6-10(9)14/h2-6H,17H2,1H3. The summed E-state index contributed by atoms with van der Waals surface area (Å²) in [5.41, 5.74) is 8.30. The Morgan fingerprint density at radius 1 is 1.00 bits per heavy atom. The van der Waals surface area contributed by atoms with E-state index in [1.807, 2.05) is 13.0 Å². The van der Waals surface area contributed by atoms with Crippen LogP contribution in [-0.4, -0.2) is 0 Å². The van der Waals surface area contributed by atoms with Gasteiger partial charge < -0.3 is 5.73 Å².